The Morgan fingerprint density at radius 3 is 2.77 bits per heavy atom. The van der Waals surface area contributed by atoms with E-state index in [-0.39, 0.29) is 11.9 Å². The first-order valence-electron chi connectivity index (χ1n) is 10.4. The number of nitrogens with zero attached hydrogens (tertiary/aromatic N) is 5. The highest BCUT2D eigenvalue weighted by Gasteiger charge is 2.19. The van der Waals surface area contributed by atoms with Crippen molar-refractivity contribution in [1.82, 2.24) is 30.4 Å². The predicted molar refractivity (Wildman–Crippen MR) is 114 cm³/mol. The van der Waals surface area contributed by atoms with Crippen molar-refractivity contribution in [2.24, 2.45) is 0 Å². The summed E-state index contributed by atoms with van der Waals surface area (Å²) in [5, 5.41) is 15.1. The Labute approximate surface area is 181 Å². The summed E-state index contributed by atoms with van der Waals surface area (Å²) in [6, 6.07) is 15.6. The van der Waals surface area contributed by atoms with Crippen LogP contribution in [0.5, 0.6) is 17.5 Å². The number of carbonyl (C=O) groups is 1. The molecule has 0 bridgehead atoms. The molecule has 1 saturated heterocycles. The van der Waals surface area contributed by atoms with Gasteiger partial charge in [-0.15, -0.1) is 0 Å². The molecule has 0 atom stereocenters. The Morgan fingerprint density at radius 2 is 2.00 bits per heavy atom. The van der Waals surface area contributed by atoms with Crippen molar-refractivity contribution in [3.05, 3.63) is 54.1 Å². The van der Waals surface area contributed by atoms with E-state index >= 15 is 0 Å². The van der Waals surface area contributed by atoms with Crippen LogP contribution >= 0.6 is 0 Å². The number of para-hydroxylation sites is 1. The number of carbonyl (C=O) groups excluding carboxylic acids is 1. The first-order valence-corrected chi connectivity index (χ1v) is 10.4. The van der Waals surface area contributed by atoms with Gasteiger partial charge in [0.2, 0.25) is 5.91 Å². The van der Waals surface area contributed by atoms with Gasteiger partial charge in [0, 0.05) is 26.1 Å². The van der Waals surface area contributed by atoms with Gasteiger partial charge in [-0.1, -0.05) is 29.4 Å². The molecule has 4 rings (SSSR count). The molecule has 9 nitrogen and oxygen atoms in total. The van der Waals surface area contributed by atoms with E-state index in [1.54, 1.807) is 7.11 Å². The van der Waals surface area contributed by atoms with Crippen LogP contribution in [0.15, 0.2) is 48.5 Å². The van der Waals surface area contributed by atoms with Gasteiger partial charge in [0.15, 0.2) is 11.5 Å². The Bertz CT molecular complexity index is 1010. The van der Waals surface area contributed by atoms with Crippen LogP contribution in [0, 0.1) is 0 Å². The molecule has 0 saturated carbocycles. The summed E-state index contributed by atoms with van der Waals surface area (Å²) in [4.78, 5) is 13.6. The molecular formula is C22H26N6O3. The lowest BCUT2D eigenvalue weighted by atomic mass is 10.2. The minimum Gasteiger partial charge on any atom is -0.493 e. The van der Waals surface area contributed by atoms with Crippen LogP contribution in [0.2, 0.25) is 0 Å². The summed E-state index contributed by atoms with van der Waals surface area (Å²) in [7, 11) is 1.60. The van der Waals surface area contributed by atoms with Crippen LogP contribution in [0.25, 0.3) is 5.69 Å². The van der Waals surface area contributed by atoms with Crippen LogP contribution in [0.3, 0.4) is 0 Å². The zero-order chi connectivity index (χ0) is 21.5. The Hall–Kier alpha value is -3.46. The highest BCUT2D eigenvalue weighted by atomic mass is 16.5. The van der Waals surface area contributed by atoms with Crippen molar-refractivity contribution in [3.8, 4) is 23.2 Å². The Morgan fingerprint density at radius 1 is 1.13 bits per heavy atom. The van der Waals surface area contributed by atoms with Crippen molar-refractivity contribution in [1.29, 1.82) is 0 Å². The zero-order valence-electron chi connectivity index (χ0n) is 17.5. The molecule has 2 heterocycles. The maximum Gasteiger partial charge on any atom is 0.346 e. The standard InChI is InChI=1S/C22H26N6O3/c1-30-20-15-17(16-23-12-6-14-27-13-5-9-21(27)29)10-11-19(20)31-22-24-25-26-28(22)18-7-3-2-4-8-18/h2-4,7-8,10-11,15,23H,5-6,9,12-14,16H2,1H3. The number of rotatable bonds is 10. The molecule has 1 N–H and O–H groups in total. The maximum absolute atomic E-state index is 11.6. The highest BCUT2D eigenvalue weighted by molar-refractivity contribution is 5.77. The SMILES string of the molecule is COc1cc(CNCCCN2CCCC2=O)ccc1Oc1nnnn1-c1ccccc1. The van der Waals surface area contributed by atoms with Crippen LogP contribution in [0.4, 0.5) is 0 Å². The van der Waals surface area contributed by atoms with E-state index in [1.165, 1.54) is 4.68 Å². The minimum atomic E-state index is 0.256. The van der Waals surface area contributed by atoms with E-state index in [9.17, 15) is 4.79 Å². The van der Waals surface area contributed by atoms with E-state index in [0.29, 0.717) is 24.5 Å². The number of benzene rings is 2. The topological polar surface area (TPSA) is 94.4 Å². The molecular weight excluding hydrogens is 396 g/mol. The average Bonchev–Trinajstić information content (AvgIpc) is 3.43. The van der Waals surface area contributed by atoms with Gasteiger partial charge in [-0.25, -0.2) is 0 Å². The maximum atomic E-state index is 11.6. The van der Waals surface area contributed by atoms with Gasteiger partial charge < -0.3 is 19.7 Å². The molecule has 0 radical (unpaired) electrons. The van der Waals surface area contributed by atoms with Gasteiger partial charge >= 0.3 is 6.01 Å². The Balaban J connectivity index is 1.33. The molecule has 0 aliphatic carbocycles. The third-order valence-electron chi connectivity index (χ3n) is 5.15. The van der Waals surface area contributed by atoms with Crippen LogP contribution < -0.4 is 14.8 Å². The smallest absolute Gasteiger partial charge is 0.346 e. The second-order valence-electron chi connectivity index (χ2n) is 7.31. The van der Waals surface area contributed by atoms with E-state index in [0.717, 1.165) is 43.7 Å². The van der Waals surface area contributed by atoms with Gasteiger partial charge in [0.25, 0.3) is 0 Å². The molecule has 31 heavy (non-hydrogen) atoms. The van der Waals surface area contributed by atoms with Gasteiger partial charge in [-0.3, -0.25) is 4.79 Å². The van der Waals surface area contributed by atoms with Crippen LogP contribution in [0.1, 0.15) is 24.8 Å². The summed E-state index contributed by atoms with van der Waals surface area (Å²) >= 11 is 0. The summed E-state index contributed by atoms with van der Waals surface area (Å²) in [5.41, 5.74) is 1.88. The summed E-state index contributed by atoms with van der Waals surface area (Å²) in [5.74, 6) is 1.41. The van der Waals surface area contributed by atoms with E-state index in [1.807, 2.05) is 53.4 Å². The van der Waals surface area contributed by atoms with Crippen LogP contribution in [-0.4, -0.2) is 57.8 Å². The van der Waals surface area contributed by atoms with Crippen molar-refractivity contribution in [3.63, 3.8) is 0 Å². The fraction of sp³-hybridized carbons (Fsp3) is 0.364. The molecule has 1 aliphatic heterocycles. The lowest BCUT2D eigenvalue weighted by Crippen LogP contribution is -2.28. The van der Waals surface area contributed by atoms with Crippen molar-refractivity contribution in [2.45, 2.75) is 25.8 Å². The second kappa shape index (κ2) is 10.0. The van der Waals surface area contributed by atoms with Crippen molar-refractivity contribution < 1.29 is 14.3 Å². The first-order chi connectivity index (χ1) is 15.2. The minimum absolute atomic E-state index is 0.256. The largest absolute Gasteiger partial charge is 0.493 e. The molecule has 9 heteroatoms. The Kier molecular flexibility index (Phi) is 6.73. The molecule has 1 aromatic heterocycles. The first kappa shape index (κ1) is 20.8. The zero-order valence-corrected chi connectivity index (χ0v) is 17.5. The molecule has 3 aromatic rings. The van der Waals surface area contributed by atoms with Gasteiger partial charge in [-0.2, -0.15) is 4.68 Å². The number of nitrogens with one attached hydrogen (secondary N) is 1. The van der Waals surface area contributed by atoms with E-state index in [4.69, 9.17) is 9.47 Å². The molecule has 0 spiro atoms. The fourth-order valence-electron chi connectivity index (χ4n) is 3.55. The number of aromatic nitrogens is 4. The number of methoxy groups -OCH3 is 1. The molecule has 0 unspecified atom stereocenters. The predicted octanol–water partition coefficient (Wildman–Crippen LogP) is 2.57. The quantitative estimate of drug-likeness (QED) is 0.502. The monoisotopic (exact) mass is 422 g/mol. The average molecular weight is 422 g/mol. The van der Waals surface area contributed by atoms with Crippen molar-refractivity contribution in [2.75, 3.05) is 26.7 Å². The number of hydrogen-bond donors (Lipinski definition) is 1. The van der Waals surface area contributed by atoms with Gasteiger partial charge in [0.1, 0.15) is 0 Å². The number of hydrogen-bond acceptors (Lipinski definition) is 7. The molecule has 1 amide bonds. The van der Waals surface area contributed by atoms with E-state index in [2.05, 4.69) is 20.8 Å². The lowest BCUT2D eigenvalue weighted by Gasteiger charge is -2.15. The summed E-state index contributed by atoms with van der Waals surface area (Å²) in [6.45, 7) is 3.26. The third kappa shape index (κ3) is 5.18. The van der Waals surface area contributed by atoms with E-state index < -0.39 is 0 Å². The normalized spacial score (nSPS) is 13.6. The summed E-state index contributed by atoms with van der Waals surface area (Å²) in [6.07, 6.45) is 2.61. The second-order valence-corrected chi connectivity index (χ2v) is 7.31. The van der Waals surface area contributed by atoms with Crippen LogP contribution in [-0.2, 0) is 11.3 Å². The number of ether oxygens (including phenoxy) is 2. The summed E-state index contributed by atoms with van der Waals surface area (Å²) < 4.78 is 13.0. The lowest BCUT2D eigenvalue weighted by molar-refractivity contribution is -0.127. The number of amides is 1. The molecule has 162 valence electrons. The van der Waals surface area contributed by atoms with Gasteiger partial charge in [0.05, 0.1) is 12.8 Å². The fourth-order valence-corrected chi connectivity index (χ4v) is 3.55. The number of tetrazole rings is 1. The van der Waals surface area contributed by atoms with Crippen molar-refractivity contribution >= 4 is 5.91 Å². The molecule has 1 aliphatic rings. The number of likely N-dealkylation sites (tertiary alicyclic amines) is 1. The third-order valence-corrected chi connectivity index (χ3v) is 5.15. The molecule has 1 fully saturated rings. The highest BCUT2D eigenvalue weighted by Crippen LogP contribution is 2.32. The van der Waals surface area contributed by atoms with Gasteiger partial charge in [-0.05, 0) is 59.6 Å². The molecule has 2 aromatic carbocycles.